The first kappa shape index (κ1) is 14.6. The molecule has 2 heteroatoms. The minimum atomic E-state index is -0.350. The van der Waals surface area contributed by atoms with E-state index in [1.807, 2.05) is 24.3 Å². The molecule has 0 amide bonds. The Morgan fingerprint density at radius 3 is 2.30 bits per heavy atom. The molecule has 2 aromatic rings. The third-order valence-corrected chi connectivity index (χ3v) is 3.58. The molecule has 0 bridgehead atoms. The Morgan fingerprint density at radius 1 is 1.00 bits per heavy atom. The number of rotatable bonds is 6. The number of nitrogens with zero attached hydrogens (tertiary/aromatic N) is 1. The van der Waals surface area contributed by atoms with Crippen molar-refractivity contribution in [2.75, 3.05) is 18.0 Å². The van der Waals surface area contributed by atoms with Crippen LogP contribution in [0.1, 0.15) is 18.1 Å². The van der Waals surface area contributed by atoms with Crippen molar-refractivity contribution >= 4 is 5.69 Å². The van der Waals surface area contributed by atoms with Crippen LogP contribution in [-0.2, 0) is 6.42 Å². The maximum Gasteiger partial charge on any atom is 0.0755 e. The second-order valence-electron chi connectivity index (χ2n) is 5.17. The molecule has 0 heterocycles. The van der Waals surface area contributed by atoms with E-state index in [1.165, 1.54) is 16.8 Å². The van der Waals surface area contributed by atoms with E-state index in [2.05, 4.69) is 49.1 Å². The van der Waals surface area contributed by atoms with E-state index in [0.29, 0.717) is 13.0 Å². The molecule has 0 spiro atoms. The number of benzene rings is 2. The van der Waals surface area contributed by atoms with Crippen LogP contribution in [0.15, 0.2) is 54.6 Å². The normalized spacial score (nSPS) is 12.2. The predicted molar refractivity (Wildman–Crippen MR) is 85.2 cm³/mol. The van der Waals surface area contributed by atoms with Crippen LogP contribution in [0, 0.1) is 6.92 Å². The second kappa shape index (κ2) is 7.11. The molecule has 2 rings (SSSR count). The average Bonchev–Trinajstić information content (AvgIpc) is 2.46. The van der Waals surface area contributed by atoms with E-state index in [4.69, 9.17) is 0 Å². The minimum absolute atomic E-state index is 0.350. The molecule has 1 unspecified atom stereocenters. The maximum atomic E-state index is 10.3. The molecule has 20 heavy (non-hydrogen) atoms. The summed E-state index contributed by atoms with van der Waals surface area (Å²) in [7, 11) is 0. The summed E-state index contributed by atoms with van der Waals surface area (Å²) in [5.74, 6) is 0. The Kier molecular flexibility index (Phi) is 5.19. The second-order valence-corrected chi connectivity index (χ2v) is 5.17. The fourth-order valence-corrected chi connectivity index (χ4v) is 2.52. The SMILES string of the molecule is CCN(CC(O)Cc1ccccc1)c1ccccc1C. The fraction of sp³-hybridized carbons (Fsp3) is 0.333. The summed E-state index contributed by atoms with van der Waals surface area (Å²) in [5.41, 5.74) is 3.64. The molecule has 0 radical (unpaired) electrons. The Balaban J connectivity index is 2.01. The summed E-state index contributed by atoms with van der Waals surface area (Å²) in [4.78, 5) is 2.24. The monoisotopic (exact) mass is 269 g/mol. The van der Waals surface area contributed by atoms with Crippen LogP contribution < -0.4 is 4.90 Å². The lowest BCUT2D eigenvalue weighted by Crippen LogP contribution is -2.33. The first-order valence-corrected chi connectivity index (χ1v) is 7.23. The smallest absolute Gasteiger partial charge is 0.0755 e. The molecule has 2 nitrogen and oxygen atoms in total. The number of likely N-dealkylation sites (N-methyl/N-ethyl adjacent to an activating group) is 1. The van der Waals surface area contributed by atoms with Crippen LogP contribution in [-0.4, -0.2) is 24.3 Å². The summed E-state index contributed by atoms with van der Waals surface area (Å²) in [5, 5.41) is 10.3. The van der Waals surface area contributed by atoms with E-state index in [9.17, 15) is 5.11 Å². The first-order valence-electron chi connectivity index (χ1n) is 7.23. The molecule has 2 aromatic carbocycles. The van der Waals surface area contributed by atoms with Gasteiger partial charge in [-0.2, -0.15) is 0 Å². The highest BCUT2D eigenvalue weighted by atomic mass is 16.3. The zero-order valence-electron chi connectivity index (χ0n) is 12.3. The van der Waals surface area contributed by atoms with Gasteiger partial charge in [-0.15, -0.1) is 0 Å². The Labute approximate surface area is 121 Å². The summed E-state index contributed by atoms with van der Waals surface area (Å²) in [6.07, 6.45) is 0.348. The quantitative estimate of drug-likeness (QED) is 0.868. The highest BCUT2D eigenvalue weighted by Crippen LogP contribution is 2.19. The van der Waals surface area contributed by atoms with Gasteiger partial charge in [0.15, 0.2) is 0 Å². The van der Waals surface area contributed by atoms with E-state index in [0.717, 1.165) is 6.54 Å². The lowest BCUT2D eigenvalue weighted by Gasteiger charge is -2.27. The van der Waals surface area contributed by atoms with Gasteiger partial charge in [0.25, 0.3) is 0 Å². The van der Waals surface area contributed by atoms with Gasteiger partial charge in [-0.3, -0.25) is 0 Å². The Morgan fingerprint density at radius 2 is 1.65 bits per heavy atom. The van der Waals surface area contributed by atoms with Crippen LogP contribution >= 0.6 is 0 Å². The first-order chi connectivity index (χ1) is 9.70. The number of para-hydroxylation sites is 1. The fourth-order valence-electron chi connectivity index (χ4n) is 2.52. The third kappa shape index (κ3) is 3.84. The van der Waals surface area contributed by atoms with Gasteiger partial charge in [0.05, 0.1) is 6.10 Å². The van der Waals surface area contributed by atoms with Crippen molar-refractivity contribution in [2.24, 2.45) is 0 Å². The summed E-state index contributed by atoms with van der Waals surface area (Å²) < 4.78 is 0. The van der Waals surface area contributed by atoms with Gasteiger partial charge in [-0.1, -0.05) is 48.5 Å². The van der Waals surface area contributed by atoms with Crippen LogP contribution in [0.25, 0.3) is 0 Å². The van der Waals surface area contributed by atoms with Crippen molar-refractivity contribution in [3.63, 3.8) is 0 Å². The number of aliphatic hydroxyl groups is 1. The maximum absolute atomic E-state index is 10.3. The van der Waals surface area contributed by atoms with Gasteiger partial charge < -0.3 is 10.0 Å². The van der Waals surface area contributed by atoms with Crippen molar-refractivity contribution in [1.29, 1.82) is 0 Å². The van der Waals surface area contributed by atoms with Gasteiger partial charge >= 0.3 is 0 Å². The highest BCUT2D eigenvalue weighted by molar-refractivity contribution is 5.52. The van der Waals surface area contributed by atoms with Crippen molar-refractivity contribution in [1.82, 2.24) is 0 Å². The molecule has 1 N–H and O–H groups in total. The van der Waals surface area contributed by atoms with Crippen LogP contribution in [0.2, 0.25) is 0 Å². The van der Waals surface area contributed by atoms with Gasteiger partial charge in [-0.05, 0) is 31.0 Å². The molecule has 0 aromatic heterocycles. The summed E-state index contributed by atoms with van der Waals surface area (Å²) in [6, 6.07) is 18.5. The molecule has 0 aliphatic carbocycles. The number of hydrogen-bond donors (Lipinski definition) is 1. The van der Waals surface area contributed by atoms with E-state index in [1.54, 1.807) is 0 Å². The van der Waals surface area contributed by atoms with Crippen molar-refractivity contribution in [3.8, 4) is 0 Å². The standard InChI is InChI=1S/C18H23NO/c1-3-19(18-12-8-7-9-15(18)2)14-17(20)13-16-10-5-4-6-11-16/h4-12,17,20H,3,13-14H2,1-2H3. The minimum Gasteiger partial charge on any atom is -0.391 e. The molecule has 0 aliphatic rings. The summed E-state index contributed by atoms with van der Waals surface area (Å²) in [6.45, 7) is 5.80. The lowest BCUT2D eigenvalue weighted by molar-refractivity contribution is 0.180. The van der Waals surface area contributed by atoms with Crippen molar-refractivity contribution < 1.29 is 5.11 Å². The number of aryl methyl sites for hydroxylation is 1. The molecule has 106 valence electrons. The summed E-state index contributed by atoms with van der Waals surface area (Å²) >= 11 is 0. The number of anilines is 1. The molecular formula is C18H23NO. The molecule has 0 saturated carbocycles. The number of hydrogen-bond acceptors (Lipinski definition) is 2. The lowest BCUT2D eigenvalue weighted by atomic mass is 10.1. The van der Waals surface area contributed by atoms with Crippen LogP contribution in [0.5, 0.6) is 0 Å². The Bertz CT molecular complexity index is 524. The zero-order valence-corrected chi connectivity index (χ0v) is 12.3. The van der Waals surface area contributed by atoms with E-state index in [-0.39, 0.29) is 6.10 Å². The highest BCUT2D eigenvalue weighted by Gasteiger charge is 2.13. The molecular weight excluding hydrogens is 246 g/mol. The molecule has 1 atom stereocenters. The predicted octanol–water partition coefficient (Wildman–Crippen LogP) is 3.42. The largest absolute Gasteiger partial charge is 0.391 e. The zero-order chi connectivity index (χ0) is 14.4. The number of aliphatic hydroxyl groups excluding tert-OH is 1. The molecule has 0 fully saturated rings. The van der Waals surface area contributed by atoms with Crippen molar-refractivity contribution in [2.45, 2.75) is 26.4 Å². The van der Waals surface area contributed by atoms with Gasteiger partial charge in [-0.25, -0.2) is 0 Å². The Hall–Kier alpha value is -1.80. The van der Waals surface area contributed by atoms with E-state index < -0.39 is 0 Å². The third-order valence-electron chi connectivity index (χ3n) is 3.58. The van der Waals surface area contributed by atoms with Crippen LogP contribution in [0.3, 0.4) is 0 Å². The average molecular weight is 269 g/mol. The molecule has 0 aliphatic heterocycles. The molecule has 0 saturated heterocycles. The van der Waals surface area contributed by atoms with Crippen LogP contribution in [0.4, 0.5) is 5.69 Å². The van der Waals surface area contributed by atoms with Gasteiger partial charge in [0.1, 0.15) is 0 Å². The van der Waals surface area contributed by atoms with Gasteiger partial charge in [0, 0.05) is 25.2 Å². The van der Waals surface area contributed by atoms with Gasteiger partial charge in [0.2, 0.25) is 0 Å². The van der Waals surface area contributed by atoms with Crippen molar-refractivity contribution in [3.05, 3.63) is 65.7 Å². The van der Waals surface area contributed by atoms with E-state index >= 15 is 0 Å². The topological polar surface area (TPSA) is 23.5 Å².